The summed E-state index contributed by atoms with van der Waals surface area (Å²) < 4.78 is 0. The van der Waals surface area contributed by atoms with Crippen molar-refractivity contribution in [2.75, 3.05) is 0 Å². The normalized spacial score (nSPS) is 35.1. The Hall–Kier alpha value is -0.780. The van der Waals surface area contributed by atoms with Gasteiger partial charge >= 0.3 is 0 Å². The van der Waals surface area contributed by atoms with Gasteiger partial charge in [-0.05, 0) is 30.3 Å². The quantitative estimate of drug-likeness (QED) is 0.533. The first-order valence-electron chi connectivity index (χ1n) is 5.51. The van der Waals surface area contributed by atoms with Gasteiger partial charge in [-0.15, -0.1) is 0 Å². The highest BCUT2D eigenvalue weighted by molar-refractivity contribution is 5.42. The summed E-state index contributed by atoms with van der Waals surface area (Å²) in [4.78, 5) is 0. The van der Waals surface area contributed by atoms with Crippen molar-refractivity contribution in [3.63, 3.8) is 0 Å². The van der Waals surface area contributed by atoms with Gasteiger partial charge in [-0.25, -0.2) is 0 Å². The molecule has 0 bridgehead atoms. The summed E-state index contributed by atoms with van der Waals surface area (Å²) in [7, 11) is 0. The summed E-state index contributed by atoms with van der Waals surface area (Å²) in [6.45, 7) is 11.1. The first-order valence-corrected chi connectivity index (χ1v) is 5.51. The van der Waals surface area contributed by atoms with E-state index in [-0.39, 0.29) is 0 Å². The maximum atomic E-state index is 4.01. The van der Waals surface area contributed by atoms with E-state index in [9.17, 15) is 0 Å². The van der Waals surface area contributed by atoms with Crippen LogP contribution in [0, 0.1) is 10.8 Å². The van der Waals surface area contributed by atoms with Gasteiger partial charge in [-0.1, -0.05) is 51.2 Å². The first kappa shape index (κ1) is 9.76. The zero-order valence-electron chi connectivity index (χ0n) is 9.56. The molecule has 0 amide bonds. The van der Waals surface area contributed by atoms with E-state index in [1.54, 1.807) is 5.57 Å². The SMILES string of the molecule is C=C1C=C[C@]2(C)CC(C)(C)CCC2=C1. The van der Waals surface area contributed by atoms with E-state index >= 15 is 0 Å². The topological polar surface area (TPSA) is 0 Å². The van der Waals surface area contributed by atoms with E-state index in [4.69, 9.17) is 0 Å². The van der Waals surface area contributed by atoms with Crippen LogP contribution in [0.25, 0.3) is 0 Å². The average molecular weight is 188 g/mol. The van der Waals surface area contributed by atoms with Crippen molar-refractivity contribution in [1.82, 2.24) is 0 Å². The smallest absolute Gasteiger partial charge is 0.00742 e. The fourth-order valence-corrected chi connectivity index (χ4v) is 2.92. The summed E-state index contributed by atoms with van der Waals surface area (Å²) in [6, 6.07) is 0. The Labute approximate surface area is 87.4 Å². The van der Waals surface area contributed by atoms with E-state index in [1.807, 2.05) is 0 Å². The van der Waals surface area contributed by atoms with E-state index in [0.717, 1.165) is 5.57 Å². The minimum Gasteiger partial charge on any atom is -0.0918 e. The number of allylic oxidation sites excluding steroid dienone is 5. The number of hydrogen-bond acceptors (Lipinski definition) is 0. The van der Waals surface area contributed by atoms with Crippen LogP contribution >= 0.6 is 0 Å². The van der Waals surface area contributed by atoms with E-state index in [0.29, 0.717) is 10.8 Å². The van der Waals surface area contributed by atoms with Gasteiger partial charge in [-0.3, -0.25) is 0 Å². The van der Waals surface area contributed by atoms with E-state index in [2.05, 4.69) is 45.6 Å². The Morgan fingerprint density at radius 1 is 1.29 bits per heavy atom. The third-order valence-electron chi connectivity index (χ3n) is 3.68. The summed E-state index contributed by atoms with van der Waals surface area (Å²) in [5.74, 6) is 0. The zero-order chi connectivity index (χ0) is 10.4. The molecule has 1 saturated carbocycles. The number of fused-ring (bicyclic) bond motifs is 1. The van der Waals surface area contributed by atoms with Crippen LogP contribution in [0.2, 0.25) is 0 Å². The van der Waals surface area contributed by atoms with Crippen LogP contribution in [-0.2, 0) is 0 Å². The second-order valence-electron chi connectivity index (χ2n) is 5.84. The predicted molar refractivity (Wildman–Crippen MR) is 62.1 cm³/mol. The summed E-state index contributed by atoms with van der Waals surface area (Å²) in [5.41, 5.74) is 3.56. The number of rotatable bonds is 0. The summed E-state index contributed by atoms with van der Waals surface area (Å²) in [5, 5.41) is 0. The second-order valence-corrected chi connectivity index (χ2v) is 5.84. The van der Waals surface area contributed by atoms with Crippen molar-refractivity contribution < 1.29 is 0 Å². The molecular formula is C14H20. The monoisotopic (exact) mass is 188 g/mol. The third-order valence-corrected chi connectivity index (χ3v) is 3.68. The zero-order valence-corrected chi connectivity index (χ0v) is 9.56. The van der Waals surface area contributed by atoms with Crippen LogP contribution in [0.1, 0.15) is 40.0 Å². The van der Waals surface area contributed by atoms with Crippen LogP contribution < -0.4 is 0 Å². The highest BCUT2D eigenvalue weighted by Crippen LogP contribution is 2.51. The second kappa shape index (κ2) is 2.85. The van der Waals surface area contributed by atoms with Gasteiger partial charge in [0.15, 0.2) is 0 Å². The molecule has 0 saturated heterocycles. The maximum absolute atomic E-state index is 4.01. The van der Waals surface area contributed by atoms with E-state index < -0.39 is 0 Å². The standard InChI is InChI=1S/C14H20/c1-11-5-8-14(4)10-13(2,3)7-6-12(14)9-11/h5,8-9H,1,6-7,10H2,2-4H3/t14-/m1/s1. The molecule has 2 rings (SSSR count). The molecule has 14 heavy (non-hydrogen) atoms. The van der Waals surface area contributed by atoms with Gasteiger partial charge in [0.25, 0.3) is 0 Å². The molecule has 1 fully saturated rings. The molecule has 2 aliphatic carbocycles. The molecule has 76 valence electrons. The average Bonchev–Trinajstić information content (AvgIpc) is 2.05. The lowest BCUT2D eigenvalue weighted by atomic mass is 9.60. The van der Waals surface area contributed by atoms with Crippen LogP contribution in [0.4, 0.5) is 0 Å². The lowest BCUT2D eigenvalue weighted by Gasteiger charge is -2.44. The molecule has 1 atom stereocenters. The highest BCUT2D eigenvalue weighted by Gasteiger charge is 2.38. The largest absolute Gasteiger partial charge is 0.0918 e. The fraction of sp³-hybridized carbons (Fsp3) is 0.571. The van der Waals surface area contributed by atoms with E-state index in [1.165, 1.54) is 19.3 Å². The molecule has 0 N–H and O–H groups in total. The first-order chi connectivity index (χ1) is 6.41. The van der Waals surface area contributed by atoms with Gasteiger partial charge in [0.1, 0.15) is 0 Å². The van der Waals surface area contributed by atoms with Crippen molar-refractivity contribution in [3.05, 3.63) is 36.0 Å². The fourth-order valence-electron chi connectivity index (χ4n) is 2.92. The Kier molecular flexibility index (Phi) is 1.99. The molecule has 0 heteroatoms. The van der Waals surface area contributed by atoms with Crippen LogP contribution in [0.5, 0.6) is 0 Å². The molecule has 0 aliphatic heterocycles. The number of hydrogen-bond donors (Lipinski definition) is 0. The van der Waals surface area contributed by atoms with Crippen LogP contribution in [0.3, 0.4) is 0 Å². The van der Waals surface area contributed by atoms with Gasteiger partial charge in [-0.2, -0.15) is 0 Å². The molecule has 0 aromatic carbocycles. The predicted octanol–water partition coefficient (Wildman–Crippen LogP) is 4.26. The van der Waals surface area contributed by atoms with Crippen molar-refractivity contribution in [2.45, 2.75) is 40.0 Å². The van der Waals surface area contributed by atoms with Gasteiger partial charge < -0.3 is 0 Å². The molecule has 0 nitrogen and oxygen atoms in total. The molecule has 2 aliphatic rings. The van der Waals surface area contributed by atoms with Crippen molar-refractivity contribution in [1.29, 1.82) is 0 Å². The Balaban J connectivity index is 2.33. The molecule has 0 aromatic rings. The van der Waals surface area contributed by atoms with Crippen LogP contribution in [0.15, 0.2) is 36.0 Å². The molecule has 0 unspecified atom stereocenters. The van der Waals surface area contributed by atoms with Gasteiger partial charge in [0.05, 0.1) is 0 Å². The molecule has 0 heterocycles. The van der Waals surface area contributed by atoms with Crippen molar-refractivity contribution in [3.8, 4) is 0 Å². The van der Waals surface area contributed by atoms with Crippen molar-refractivity contribution >= 4 is 0 Å². The minimum absolute atomic E-state index is 0.308. The summed E-state index contributed by atoms with van der Waals surface area (Å²) in [6.07, 6.45) is 10.6. The highest BCUT2D eigenvalue weighted by atomic mass is 14.4. The summed E-state index contributed by atoms with van der Waals surface area (Å²) >= 11 is 0. The molecule has 0 aromatic heterocycles. The Bertz CT molecular complexity index is 328. The van der Waals surface area contributed by atoms with Gasteiger partial charge in [0, 0.05) is 5.41 Å². The molecular weight excluding hydrogens is 168 g/mol. The van der Waals surface area contributed by atoms with Gasteiger partial charge in [0.2, 0.25) is 0 Å². The Morgan fingerprint density at radius 2 is 2.00 bits per heavy atom. The lowest BCUT2D eigenvalue weighted by Crippen LogP contribution is -2.32. The minimum atomic E-state index is 0.308. The Morgan fingerprint density at radius 3 is 2.71 bits per heavy atom. The molecule has 0 spiro atoms. The van der Waals surface area contributed by atoms with Crippen LogP contribution in [-0.4, -0.2) is 0 Å². The third kappa shape index (κ3) is 1.58. The molecule has 0 radical (unpaired) electrons. The maximum Gasteiger partial charge on any atom is 0.00742 e. The van der Waals surface area contributed by atoms with Crippen molar-refractivity contribution in [2.24, 2.45) is 10.8 Å². The lowest BCUT2D eigenvalue weighted by molar-refractivity contribution is 0.190.